The van der Waals surface area contributed by atoms with Crippen LogP contribution in [0.1, 0.15) is 32.3 Å². The Kier molecular flexibility index (Phi) is 7.39. The summed E-state index contributed by atoms with van der Waals surface area (Å²) in [6.07, 6.45) is 1.50. The standard InChI is InChI=1S/C24H31N3O4/c1-4-31-21-12-6-5-11-20(21)26-23(29)27-14-8-13-24(2,17-27)22(28)25-16-18-9-7-10-19(15-18)30-3/h5-7,9-12,15H,4,8,13-14,16-17H2,1-3H3,(H,25,28)(H,26,29)/t24-/m0/s1. The maximum atomic E-state index is 13.0. The Balaban J connectivity index is 1.61. The fourth-order valence-corrected chi connectivity index (χ4v) is 3.82. The molecule has 0 radical (unpaired) electrons. The molecule has 1 heterocycles. The number of nitrogens with one attached hydrogen (secondary N) is 2. The zero-order valence-electron chi connectivity index (χ0n) is 18.4. The van der Waals surface area contributed by atoms with Gasteiger partial charge in [0.1, 0.15) is 11.5 Å². The molecule has 1 fully saturated rings. The lowest BCUT2D eigenvalue weighted by molar-refractivity contribution is -0.132. The third kappa shape index (κ3) is 5.69. The Morgan fingerprint density at radius 1 is 1.16 bits per heavy atom. The summed E-state index contributed by atoms with van der Waals surface area (Å²) in [5, 5.41) is 5.95. The van der Waals surface area contributed by atoms with Gasteiger partial charge in [-0.05, 0) is 56.5 Å². The lowest BCUT2D eigenvalue weighted by atomic mass is 9.81. The van der Waals surface area contributed by atoms with Gasteiger partial charge in [-0.2, -0.15) is 0 Å². The van der Waals surface area contributed by atoms with Crippen molar-refractivity contribution in [2.45, 2.75) is 33.2 Å². The smallest absolute Gasteiger partial charge is 0.321 e. The molecule has 31 heavy (non-hydrogen) atoms. The number of rotatable bonds is 7. The first-order valence-corrected chi connectivity index (χ1v) is 10.6. The van der Waals surface area contributed by atoms with Crippen molar-refractivity contribution in [2.24, 2.45) is 5.41 Å². The lowest BCUT2D eigenvalue weighted by Gasteiger charge is -2.39. The average Bonchev–Trinajstić information content (AvgIpc) is 2.79. The van der Waals surface area contributed by atoms with Gasteiger partial charge in [0.05, 0.1) is 24.8 Å². The van der Waals surface area contributed by atoms with Gasteiger partial charge >= 0.3 is 6.03 Å². The molecule has 1 saturated heterocycles. The minimum Gasteiger partial charge on any atom is -0.497 e. The molecule has 2 N–H and O–H groups in total. The summed E-state index contributed by atoms with van der Waals surface area (Å²) in [5.41, 5.74) is 0.951. The second-order valence-electron chi connectivity index (χ2n) is 7.98. The lowest BCUT2D eigenvalue weighted by Crippen LogP contribution is -2.52. The van der Waals surface area contributed by atoms with Crippen molar-refractivity contribution in [3.05, 3.63) is 54.1 Å². The van der Waals surface area contributed by atoms with Gasteiger partial charge < -0.3 is 25.0 Å². The van der Waals surface area contributed by atoms with E-state index in [0.29, 0.717) is 37.7 Å². The number of hydrogen-bond acceptors (Lipinski definition) is 4. The molecular formula is C24H31N3O4. The van der Waals surface area contributed by atoms with Gasteiger partial charge in [-0.15, -0.1) is 0 Å². The number of ether oxygens (including phenoxy) is 2. The normalized spacial score (nSPS) is 18.2. The van der Waals surface area contributed by atoms with Crippen molar-refractivity contribution in [3.63, 3.8) is 0 Å². The number of hydrogen-bond donors (Lipinski definition) is 2. The van der Waals surface area contributed by atoms with Crippen molar-refractivity contribution in [1.29, 1.82) is 0 Å². The van der Waals surface area contributed by atoms with E-state index in [1.54, 1.807) is 12.0 Å². The molecule has 0 spiro atoms. The summed E-state index contributed by atoms with van der Waals surface area (Å²) >= 11 is 0. The molecule has 0 unspecified atom stereocenters. The number of likely N-dealkylation sites (tertiary alicyclic amines) is 1. The number of nitrogens with zero attached hydrogens (tertiary/aromatic N) is 1. The molecule has 1 aliphatic rings. The zero-order chi connectivity index (χ0) is 22.3. The van der Waals surface area contributed by atoms with Crippen molar-refractivity contribution in [3.8, 4) is 11.5 Å². The van der Waals surface area contributed by atoms with Gasteiger partial charge in [0, 0.05) is 19.6 Å². The Labute approximate surface area is 183 Å². The molecule has 3 rings (SSSR count). The van der Waals surface area contributed by atoms with E-state index in [0.717, 1.165) is 24.2 Å². The molecule has 3 amide bonds. The Morgan fingerprint density at radius 3 is 2.74 bits per heavy atom. The number of urea groups is 1. The van der Waals surface area contributed by atoms with E-state index in [1.165, 1.54) is 0 Å². The molecule has 0 saturated carbocycles. The van der Waals surface area contributed by atoms with E-state index in [-0.39, 0.29) is 11.9 Å². The highest BCUT2D eigenvalue weighted by Gasteiger charge is 2.39. The molecule has 7 nitrogen and oxygen atoms in total. The van der Waals surface area contributed by atoms with E-state index in [4.69, 9.17) is 9.47 Å². The quantitative estimate of drug-likeness (QED) is 0.702. The highest BCUT2D eigenvalue weighted by atomic mass is 16.5. The van der Waals surface area contributed by atoms with Crippen LogP contribution in [-0.4, -0.2) is 43.6 Å². The van der Waals surface area contributed by atoms with Crippen LogP contribution in [0.15, 0.2) is 48.5 Å². The number of piperidine rings is 1. The third-order valence-corrected chi connectivity index (χ3v) is 5.55. The van der Waals surface area contributed by atoms with Crippen LogP contribution in [-0.2, 0) is 11.3 Å². The van der Waals surface area contributed by atoms with Crippen molar-refractivity contribution in [1.82, 2.24) is 10.2 Å². The molecular weight excluding hydrogens is 394 g/mol. The number of para-hydroxylation sites is 2. The monoisotopic (exact) mass is 425 g/mol. The van der Waals surface area contributed by atoms with Gasteiger partial charge in [-0.3, -0.25) is 4.79 Å². The molecule has 0 aromatic heterocycles. The number of methoxy groups -OCH3 is 1. The largest absolute Gasteiger partial charge is 0.497 e. The molecule has 166 valence electrons. The van der Waals surface area contributed by atoms with Crippen LogP contribution in [0.25, 0.3) is 0 Å². The van der Waals surface area contributed by atoms with Gasteiger partial charge in [0.2, 0.25) is 5.91 Å². The highest BCUT2D eigenvalue weighted by Crippen LogP contribution is 2.31. The topological polar surface area (TPSA) is 79.9 Å². The molecule has 1 aliphatic heterocycles. The highest BCUT2D eigenvalue weighted by molar-refractivity contribution is 5.92. The van der Waals surface area contributed by atoms with Crippen LogP contribution in [0.3, 0.4) is 0 Å². The molecule has 0 aliphatic carbocycles. The van der Waals surface area contributed by atoms with E-state index in [1.807, 2.05) is 62.4 Å². The molecule has 0 bridgehead atoms. The van der Waals surface area contributed by atoms with E-state index < -0.39 is 5.41 Å². The van der Waals surface area contributed by atoms with Crippen LogP contribution >= 0.6 is 0 Å². The second-order valence-corrected chi connectivity index (χ2v) is 7.98. The average molecular weight is 426 g/mol. The Morgan fingerprint density at radius 2 is 1.97 bits per heavy atom. The summed E-state index contributed by atoms with van der Waals surface area (Å²) in [7, 11) is 1.62. The van der Waals surface area contributed by atoms with Crippen LogP contribution in [0.2, 0.25) is 0 Å². The fraction of sp³-hybridized carbons (Fsp3) is 0.417. The van der Waals surface area contributed by atoms with Crippen molar-refractivity contribution < 1.29 is 19.1 Å². The molecule has 7 heteroatoms. The maximum Gasteiger partial charge on any atom is 0.321 e. The van der Waals surface area contributed by atoms with E-state index in [2.05, 4.69) is 10.6 Å². The summed E-state index contributed by atoms with van der Waals surface area (Å²) in [4.78, 5) is 27.6. The fourth-order valence-electron chi connectivity index (χ4n) is 3.82. The number of carbonyl (C=O) groups excluding carboxylic acids is 2. The third-order valence-electron chi connectivity index (χ3n) is 5.55. The maximum absolute atomic E-state index is 13.0. The minimum atomic E-state index is -0.645. The van der Waals surface area contributed by atoms with Crippen LogP contribution in [0, 0.1) is 5.41 Å². The minimum absolute atomic E-state index is 0.0532. The molecule has 2 aromatic carbocycles. The number of benzene rings is 2. The van der Waals surface area contributed by atoms with Crippen molar-refractivity contribution >= 4 is 17.6 Å². The van der Waals surface area contributed by atoms with E-state index >= 15 is 0 Å². The molecule has 1 atom stereocenters. The predicted molar refractivity (Wildman–Crippen MR) is 120 cm³/mol. The number of carbonyl (C=O) groups is 2. The van der Waals surface area contributed by atoms with Gasteiger partial charge in [-0.1, -0.05) is 24.3 Å². The summed E-state index contributed by atoms with van der Waals surface area (Å²) in [6.45, 7) is 5.73. The first-order chi connectivity index (χ1) is 14.9. The predicted octanol–water partition coefficient (Wildman–Crippen LogP) is 4.04. The van der Waals surface area contributed by atoms with Gasteiger partial charge in [-0.25, -0.2) is 4.79 Å². The zero-order valence-corrected chi connectivity index (χ0v) is 18.4. The summed E-state index contributed by atoms with van der Waals surface area (Å²) in [6, 6.07) is 14.7. The van der Waals surface area contributed by atoms with Crippen LogP contribution in [0.5, 0.6) is 11.5 Å². The van der Waals surface area contributed by atoms with Crippen molar-refractivity contribution in [2.75, 3.05) is 32.1 Å². The first-order valence-electron chi connectivity index (χ1n) is 10.6. The van der Waals surface area contributed by atoms with Crippen LogP contribution in [0.4, 0.5) is 10.5 Å². The first kappa shape index (κ1) is 22.5. The molecule has 2 aromatic rings. The van der Waals surface area contributed by atoms with E-state index in [9.17, 15) is 9.59 Å². The Bertz CT molecular complexity index is 917. The Hall–Kier alpha value is -3.22. The number of amides is 3. The van der Waals surface area contributed by atoms with Gasteiger partial charge in [0.15, 0.2) is 0 Å². The van der Waals surface area contributed by atoms with Crippen LogP contribution < -0.4 is 20.1 Å². The second kappa shape index (κ2) is 10.2. The SMILES string of the molecule is CCOc1ccccc1NC(=O)N1CCC[C@](C)(C(=O)NCc2cccc(OC)c2)C1. The summed E-state index contributed by atoms with van der Waals surface area (Å²) < 4.78 is 10.8. The summed E-state index contributed by atoms with van der Waals surface area (Å²) in [5.74, 6) is 1.34. The van der Waals surface area contributed by atoms with Gasteiger partial charge in [0.25, 0.3) is 0 Å². The number of anilines is 1.